The van der Waals surface area contributed by atoms with E-state index in [9.17, 15) is 23.6 Å². The van der Waals surface area contributed by atoms with Crippen LogP contribution >= 0.6 is 34.0 Å². The fourth-order valence-corrected chi connectivity index (χ4v) is 15.8. The van der Waals surface area contributed by atoms with Crippen LogP contribution < -0.4 is 0 Å². The lowest BCUT2D eigenvalue weighted by molar-refractivity contribution is -0.166. The summed E-state index contributed by atoms with van der Waals surface area (Å²) in [6, 6.07) is 36.3. The van der Waals surface area contributed by atoms with Crippen LogP contribution in [0.5, 0.6) is 0 Å². The molecule has 4 aliphatic rings. The van der Waals surface area contributed by atoms with Crippen LogP contribution in [0.15, 0.2) is 169 Å². The molecule has 0 fully saturated rings. The second-order valence-corrected chi connectivity index (χ2v) is 23.2. The largest absolute Gasteiger partial charge is 0.459 e. The van der Waals surface area contributed by atoms with Crippen LogP contribution in [-0.2, 0) is 85.0 Å². The van der Waals surface area contributed by atoms with Gasteiger partial charge in [0, 0.05) is 60.9 Å². The summed E-state index contributed by atoms with van der Waals surface area (Å²) >= 11 is 3.05. The van der Waals surface area contributed by atoms with Crippen molar-refractivity contribution < 1.29 is 74.9 Å². The maximum Gasteiger partial charge on any atom is 0.333 e. The third kappa shape index (κ3) is 8.75. The number of carbonyl (C=O) groups excluding carboxylic acids is 8. The maximum absolute atomic E-state index is 16.0. The molecule has 0 spiro atoms. The Morgan fingerprint density at radius 2 is 0.753 bits per heavy atom. The van der Waals surface area contributed by atoms with Crippen LogP contribution in [0.25, 0.3) is 42.1 Å². The molecule has 4 aliphatic carbocycles. The molecule has 0 saturated heterocycles. The van der Waals surface area contributed by atoms with Gasteiger partial charge in [-0.2, -0.15) is 0 Å². The molecular formula is C66H36F4O12S3. The predicted octanol–water partition coefficient (Wildman–Crippen LogP) is 12.7. The highest BCUT2D eigenvalue weighted by Gasteiger charge is 2.62. The zero-order chi connectivity index (χ0) is 59.1. The van der Waals surface area contributed by atoms with Crippen molar-refractivity contribution in [3.63, 3.8) is 0 Å². The number of ketones is 4. The first kappa shape index (κ1) is 54.4. The Hall–Kier alpha value is -9.82. The average Bonchev–Trinajstić information content (AvgIpc) is 1.59. The van der Waals surface area contributed by atoms with Gasteiger partial charge >= 0.3 is 23.9 Å². The van der Waals surface area contributed by atoms with E-state index in [0.29, 0.717) is 49.9 Å². The average molecular weight is 1190 g/mol. The van der Waals surface area contributed by atoms with Gasteiger partial charge in [-0.3, -0.25) is 38.4 Å². The number of fused-ring (bicyclic) bond motifs is 9. The lowest BCUT2D eigenvalue weighted by Crippen LogP contribution is -2.46. The lowest BCUT2D eigenvalue weighted by atomic mass is 9.76. The summed E-state index contributed by atoms with van der Waals surface area (Å²) in [6.07, 6.45) is 4.91. The molecule has 0 N–H and O–H groups in total. The van der Waals surface area contributed by atoms with E-state index < -0.39 is 141 Å². The molecule has 12 nitrogen and oxygen atoms in total. The molecule has 0 aliphatic heterocycles. The van der Waals surface area contributed by atoms with E-state index in [1.807, 2.05) is 0 Å². The van der Waals surface area contributed by atoms with Gasteiger partial charge in [-0.05, 0) is 69.8 Å². The lowest BCUT2D eigenvalue weighted by Gasteiger charge is -2.29. The van der Waals surface area contributed by atoms with E-state index in [1.54, 1.807) is 121 Å². The highest BCUT2D eigenvalue weighted by Crippen LogP contribution is 2.61. The molecule has 3 heterocycles. The summed E-state index contributed by atoms with van der Waals surface area (Å²) in [4.78, 5) is 118. The van der Waals surface area contributed by atoms with E-state index in [4.69, 9.17) is 18.9 Å². The minimum absolute atomic E-state index is 0.0355. The Labute approximate surface area is 490 Å². The predicted molar refractivity (Wildman–Crippen MR) is 307 cm³/mol. The number of rotatable bonds is 14. The molecule has 0 atom stereocenters. The number of thiophene rings is 3. The van der Waals surface area contributed by atoms with E-state index >= 15 is 32.3 Å². The van der Waals surface area contributed by atoms with Crippen LogP contribution in [0.3, 0.4) is 0 Å². The second kappa shape index (κ2) is 21.1. The number of halogens is 4. The van der Waals surface area contributed by atoms with Crippen molar-refractivity contribution in [2.45, 2.75) is 37.3 Å². The van der Waals surface area contributed by atoms with Gasteiger partial charge in [-0.15, -0.1) is 34.0 Å². The molecule has 0 bridgehead atoms. The number of hydrogen-bond acceptors (Lipinski definition) is 15. The molecule has 418 valence electrons. The maximum atomic E-state index is 16.0. The first-order chi connectivity index (χ1) is 41.1. The topological polar surface area (TPSA) is 173 Å². The molecule has 19 heteroatoms. The van der Waals surface area contributed by atoms with Gasteiger partial charge in [0.05, 0.1) is 24.4 Å². The SMILES string of the molecule is O=C1C(=O)c2c(F)cc(F)cc2/C1=C/C1=Cc2sc3c(sc4c5c(sc43)C=C(/C=C3\C(=O)C(=O)c4cc(F)cc(F)c43)C5(C(=O)OCc3ccccc3)C(=O)OCc3ccccc3)c2C1(C(=O)OCc1ccccc1)C(=O)OCc1ccccc1. The van der Waals surface area contributed by atoms with Crippen molar-refractivity contribution in [3.8, 4) is 0 Å². The highest BCUT2D eigenvalue weighted by atomic mass is 32.1. The van der Waals surface area contributed by atoms with Gasteiger partial charge in [0.25, 0.3) is 0 Å². The van der Waals surface area contributed by atoms with Crippen LogP contribution in [0.4, 0.5) is 17.6 Å². The zero-order valence-electron chi connectivity index (χ0n) is 43.6. The molecule has 0 radical (unpaired) electrons. The summed E-state index contributed by atoms with van der Waals surface area (Å²) < 4.78 is 86.7. The second-order valence-electron chi connectivity index (χ2n) is 20.1. The summed E-state index contributed by atoms with van der Waals surface area (Å²) in [5.41, 5.74) is -7.45. The number of Topliss-reactive ketones (excluding diaryl/α,β-unsaturated/α-hetero) is 4. The summed E-state index contributed by atoms with van der Waals surface area (Å²) in [7, 11) is 0. The van der Waals surface area contributed by atoms with Crippen LogP contribution in [0.2, 0.25) is 0 Å². The van der Waals surface area contributed by atoms with Crippen LogP contribution in [0.1, 0.15) is 75.0 Å². The Morgan fingerprint density at radius 1 is 0.400 bits per heavy atom. The van der Waals surface area contributed by atoms with Crippen molar-refractivity contribution in [1.82, 2.24) is 0 Å². The summed E-state index contributed by atoms with van der Waals surface area (Å²) in [6.45, 7) is -1.60. The molecule has 0 saturated carbocycles. The smallest absolute Gasteiger partial charge is 0.333 e. The van der Waals surface area contributed by atoms with Gasteiger partial charge in [-0.25, -0.2) is 17.6 Å². The van der Waals surface area contributed by atoms with Crippen LogP contribution in [0, 0.1) is 23.3 Å². The summed E-state index contributed by atoms with van der Waals surface area (Å²) in [5.74, 6) is -14.8. The zero-order valence-corrected chi connectivity index (χ0v) is 46.1. The van der Waals surface area contributed by atoms with Crippen LogP contribution in [-0.4, -0.2) is 47.0 Å². The van der Waals surface area contributed by atoms with E-state index in [-0.39, 0.29) is 41.4 Å². The number of hydrogen-bond donors (Lipinski definition) is 0. The third-order valence-electron chi connectivity index (χ3n) is 15.1. The molecule has 9 aromatic rings. The number of benzene rings is 6. The van der Waals surface area contributed by atoms with E-state index in [2.05, 4.69) is 0 Å². The van der Waals surface area contributed by atoms with E-state index in [1.165, 1.54) is 12.2 Å². The molecular weight excluding hydrogens is 1160 g/mol. The molecule has 0 amide bonds. The summed E-state index contributed by atoms with van der Waals surface area (Å²) in [5, 5.41) is 0. The third-order valence-corrected chi connectivity index (χ3v) is 19.0. The fraction of sp³-hybridized carbons (Fsp3) is 0.0909. The van der Waals surface area contributed by atoms with Crippen molar-refractivity contribution in [2.24, 2.45) is 0 Å². The highest BCUT2D eigenvalue weighted by molar-refractivity contribution is 7.39. The van der Waals surface area contributed by atoms with Gasteiger partial charge in [-0.1, -0.05) is 121 Å². The Bertz CT molecular complexity index is 4460. The number of allylic oxidation sites excluding steroid dienone is 4. The molecule has 3 aromatic heterocycles. The number of ether oxygens (including phenoxy) is 4. The van der Waals surface area contributed by atoms with Gasteiger partial charge < -0.3 is 18.9 Å². The number of carbonyl (C=O) groups is 8. The van der Waals surface area contributed by atoms with Gasteiger partial charge in [0.1, 0.15) is 49.7 Å². The fourth-order valence-electron chi connectivity index (χ4n) is 11.2. The monoisotopic (exact) mass is 1190 g/mol. The van der Waals surface area contributed by atoms with Crippen molar-refractivity contribution >= 4 is 123 Å². The van der Waals surface area contributed by atoms with Crippen molar-refractivity contribution in [1.29, 1.82) is 0 Å². The van der Waals surface area contributed by atoms with Gasteiger partial charge in [0.15, 0.2) is 0 Å². The molecule has 6 aromatic carbocycles. The minimum Gasteiger partial charge on any atom is -0.459 e. The van der Waals surface area contributed by atoms with Gasteiger partial charge in [0.2, 0.25) is 34.0 Å². The minimum atomic E-state index is -2.70. The Morgan fingerprint density at radius 3 is 1.15 bits per heavy atom. The first-order valence-corrected chi connectivity index (χ1v) is 28.5. The van der Waals surface area contributed by atoms with E-state index in [0.717, 1.165) is 52.2 Å². The molecule has 85 heavy (non-hydrogen) atoms. The first-order valence-electron chi connectivity index (χ1n) is 26.0. The Kier molecular flexibility index (Phi) is 13.5. The Balaban J connectivity index is 1.05. The standard InChI is InChI=1S/C66H36F4O12S3/c67-39-25-41-42(53(71)56(74)50(41)46(70)28-39)21-37-23-47-51(65(37,61(75)79-29-33-13-5-1-6-14-33)62(76)80-30-34-15-7-2-8-16-34)57-59(83-47)60-58(85-57)52-48(84-60)24-38(22-43-49-44(55(73)54(43)72)26-40(68)27-45(49)69)66(52,63(77)81-31-35-17-9-3-10-18-35)64(78)82-32-36-19-11-4-12-20-36/h1-28H,29-32H2/b42-21-,43-22-. The van der Waals surface area contributed by atoms with Crippen molar-refractivity contribution in [3.05, 3.63) is 258 Å². The molecule has 13 rings (SSSR count). The number of esters is 4. The van der Waals surface area contributed by atoms with Crippen molar-refractivity contribution in [2.75, 3.05) is 0 Å². The quantitative estimate of drug-likeness (QED) is 0.0252. The normalized spacial score (nSPS) is 16.1. The molecule has 0 unspecified atom stereocenters.